The highest BCUT2D eigenvalue weighted by Crippen LogP contribution is 2.48. The molecule has 10 heteroatoms. The lowest BCUT2D eigenvalue weighted by Crippen LogP contribution is -2.60. The van der Waals surface area contributed by atoms with Crippen molar-refractivity contribution in [1.82, 2.24) is 0 Å². The Morgan fingerprint density at radius 1 is 1.00 bits per heavy atom. The summed E-state index contributed by atoms with van der Waals surface area (Å²) in [6.45, 7) is 1.71. The number of carbonyl (C=O) groups is 2. The molecule has 21 heavy (non-hydrogen) atoms. The van der Waals surface area contributed by atoms with Gasteiger partial charge in [0.25, 0.3) is 0 Å². The maximum absolute atomic E-state index is 12.7. The van der Waals surface area contributed by atoms with Crippen molar-refractivity contribution in [3.8, 4) is 0 Å². The summed E-state index contributed by atoms with van der Waals surface area (Å²) in [6.07, 6.45) is -14.2. The summed E-state index contributed by atoms with van der Waals surface area (Å²) < 4.78 is 79.9. The van der Waals surface area contributed by atoms with Crippen molar-refractivity contribution in [2.75, 3.05) is 0 Å². The fraction of sp³-hybridized carbons (Fsp3) is 0.818. The molecule has 0 saturated carbocycles. The van der Waals surface area contributed by atoms with Gasteiger partial charge in [0.05, 0.1) is 0 Å². The third-order valence-corrected chi connectivity index (χ3v) is 2.59. The summed E-state index contributed by atoms with van der Waals surface area (Å²) in [5, 5.41) is 8.31. The molecule has 0 aliphatic rings. The van der Waals surface area contributed by atoms with Crippen molar-refractivity contribution in [3.05, 3.63) is 0 Å². The van der Waals surface area contributed by atoms with Gasteiger partial charge in [-0.05, 0) is 6.42 Å². The molecule has 4 nitrogen and oxygen atoms in total. The topological polar surface area (TPSA) is 63.6 Å². The van der Waals surface area contributed by atoms with Crippen molar-refractivity contribution >= 4 is 11.9 Å². The first-order valence-corrected chi connectivity index (χ1v) is 5.94. The number of aliphatic carboxylic acids is 1. The lowest BCUT2D eigenvalue weighted by Gasteiger charge is -2.35. The van der Waals surface area contributed by atoms with E-state index in [9.17, 15) is 35.9 Å². The van der Waals surface area contributed by atoms with Gasteiger partial charge in [0.2, 0.25) is 0 Å². The van der Waals surface area contributed by atoms with Crippen LogP contribution in [0.2, 0.25) is 0 Å². The fourth-order valence-electron chi connectivity index (χ4n) is 1.49. The van der Waals surface area contributed by atoms with Crippen LogP contribution in [0.5, 0.6) is 0 Å². The average molecular weight is 324 g/mol. The van der Waals surface area contributed by atoms with E-state index in [0.29, 0.717) is 12.8 Å². The molecule has 1 N–H and O–H groups in total. The number of alkyl halides is 6. The predicted octanol–water partition coefficient (Wildman–Crippen LogP) is 3.45. The van der Waals surface area contributed by atoms with Gasteiger partial charge < -0.3 is 9.84 Å². The van der Waals surface area contributed by atoms with Crippen LogP contribution in [0.1, 0.15) is 39.0 Å². The first-order chi connectivity index (χ1) is 9.37. The molecule has 0 rings (SSSR count). The van der Waals surface area contributed by atoms with Gasteiger partial charge in [-0.25, -0.2) is 0 Å². The SMILES string of the molecule is CCCCCC(=O)OC(CC(=O)O)(C(F)(F)F)C(F)(F)F. The number of carboxylic acid groups (broad SMARTS) is 1. The average Bonchev–Trinajstić information content (AvgIpc) is 2.24. The van der Waals surface area contributed by atoms with Crippen LogP contribution in [0, 0.1) is 0 Å². The fourth-order valence-corrected chi connectivity index (χ4v) is 1.49. The number of hydrogen-bond acceptors (Lipinski definition) is 3. The van der Waals surface area contributed by atoms with Gasteiger partial charge in [0, 0.05) is 6.42 Å². The summed E-state index contributed by atoms with van der Waals surface area (Å²) in [6, 6.07) is 0. The number of carbonyl (C=O) groups excluding carboxylic acids is 1. The van der Waals surface area contributed by atoms with Crippen LogP contribution in [0.3, 0.4) is 0 Å². The van der Waals surface area contributed by atoms with Gasteiger partial charge in [0.15, 0.2) is 0 Å². The summed E-state index contributed by atoms with van der Waals surface area (Å²) in [7, 11) is 0. The maximum Gasteiger partial charge on any atom is 0.438 e. The monoisotopic (exact) mass is 324 g/mol. The molecule has 0 amide bonds. The molecular weight excluding hydrogens is 310 g/mol. The Morgan fingerprint density at radius 3 is 1.81 bits per heavy atom. The molecule has 0 heterocycles. The molecule has 0 aromatic rings. The number of esters is 1. The number of carboxylic acids is 1. The quantitative estimate of drug-likeness (QED) is 0.443. The standard InChI is InChI=1S/C11H14F6O4/c1-2-3-4-5-8(20)21-9(6-7(18)19,10(12,13)14)11(15,16)17/h2-6H2,1H3,(H,18,19). The Balaban J connectivity index is 5.39. The van der Waals surface area contributed by atoms with E-state index in [0.717, 1.165) is 0 Å². The van der Waals surface area contributed by atoms with Gasteiger partial charge >= 0.3 is 29.9 Å². The van der Waals surface area contributed by atoms with Crippen LogP contribution in [-0.2, 0) is 14.3 Å². The van der Waals surface area contributed by atoms with E-state index in [1.807, 2.05) is 0 Å². The molecule has 0 aromatic heterocycles. The first-order valence-electron chi connectivity index (χ1n) is 5.94. The zero-order valence-electron chi connectivity index (χ0n) is 11.0. The zero-order valence-corrected chi connectivity index (χ0v) is 11.0. The highest BCUT2D eigenvalue weighted by atomic mass is 19.4. The number of ether oxygens (including phenoxy) is 1. The minimum atomic E-state index is -6.09. The van der Waals surface area contributed by atoms with Crippen LogP contribution in [0.25, 0.3) is 0 Å². The molecule has 0 aliphatic heterocycles. The molecule has 124 valence electrons. The molecule has 0 bridgehead atoms. The molecule has 0 saturated heterocycles. The zero-order chi connectivity index (χ0) is 16.9. The van der Waals surface area contributed by atoms with Gasteiger partial charge in [-0.2, -0.15) is 26.3 Å². The van der Waals surface area contributed by atoms with E-state index in [1.165, 1.54) is 0 Å². The number of unbranched alkanes of at least 4 members (excludes halogenated alkanes) is 2. The number of hydrogen-bond donors (Lipinski definition) is 1. The molecule has 0 aliphatic carbocycles. The number of rotatable bonds is 7. The van der Waals surface area contributed by atoms with Crippen LogP contribution in [0.4, 0.5) is 26.3 Å². The second-order valence-corrected chi connectivity index (χ2v) is 4.32. The minimum absolute atomic E-state index is 0.0498. The van der Waals surface area contributed by atoms with Crippen LogP contribution < -0.4 is 0 Å². The number of halogens is 6. The van der Waals surface area contributed by atoms with E-state index in [1.54, 1.807) is 6.92 Å². The lowest BCUT2D eigenvalue weighted by atomic mass is 9.97. The van der Waals surface area contributed by atoms with E-state index < -0.39 is 42.7 Å². The Labute approximate surface area is 116 Å². The highest BCUT2D eigenvalue weighted by Gasteiger charge is 2.75. The van der Waals surface area contributed by atoms with Crippen LogP contribution in [-0.4, -0.2) is 35.0 Å². The smallest absolute Gasteiger partial charge is 0.438 e. The van der Waals surface area contributed by atoms with Gasteiger partial charge in [0.1, 0.15) is 6.42 Å². The molecule has 0 aromatic carbocycles. The maximum atomic E-state index is 12.7. The summed E-state index contributed by atoms with van der Waals surface area (Å²) in [4.78, 5) is 21.6. The van der Waals surface area contributed by atoms with Crippen molar-refractivity contribution in [1.29, 1.82) is 0 Å². The largest absolute Gasteiger partial charge is 0.481 e. The van der Waals surface area contributed by atoms with Crippen molar-refractivity contribution in [3.63, 3.8) is 0 Å². The predicted molar refractivity (Wildman–Crippen MR) is 57.3 cm³/mol. The van der Waals surface area contributed by atoms with Gasteiger partial charge in [-0.15, -0.1) is 0 Å². The van der Waals surface area contributed by atoms with Crippen molar-refractivity contribution in [2.45, 2.75) is 57.0 Å². The molecular formula is C11H14F6O4. The summed E-state index contributed by atoms with van der Waals surface area (Å²) >= 11 is 0. The molecule has 0 fully saturated rings. The first kappa shape index (κ1) is 19.5. The van der Waals surface area contributed by atoms with E-state index in [-0.39, 0.29) is 6.42 Å². The molecule has 0 unspecified atom stereocenters. The Hall–Kier alpha value is -1.48. The van der Waals surface area contributed by atoms with Crippen LogP contribution >= 0.6 is 0 Å². The highest BCUT2D eigenvalue weighted by molar-refractivity contribution is 5.73. The Kier molecular flexibility index (Phi) is 6.50. The van der Waals surface area contributed by atoms with Gasteiger partial charge in [-0.3, -0.25) is 9.59 Å². The van der Waals surface area contributed by atoms with Gasteiger partial charge in [-0.1, -0.05) is 19.8 Å². The second kappa shape index (κ2) is 6.99. The molecule has 0 radical (unpaired) electrons. The van der Waals surface area contributed by atoms with Crippen molar-refractivity contribution < 1.29 is 45.8 Å². The molecule has 0 atom stereocenters. The van der Waals surface area contributed by atoms with E-state index in [4.69, 9.17) is 5.11 Å². The normalized spacial score (nSPS) is 13.1. The molecule has 0 spiro atoms. The van der Waals surface area contributed by atoms with E-state index in [2.05, 4.69) is 4.74 Å². The van der Waals surface area contributed by atoms with E-state index >= 15 is 0 Å². The minimum Gasteiger partial charge on any atom is -0.481 e. The summed E-state index contributed by atoms with van der Waals surface area (Å²) in [5.41, 5.74) is -5.03. The van der Waals surface area contributed by atoms with Crippen molar-refractivity contribution in [2.24, 2.45) is 0 Å². The Morgan fingerprint density at radius 2 is 1.48 bits per heavy atom. The summed E-state index contributed by atoms with van der Waals surface area (Å²) in [5.74, 6) is -4.12. The lowest BCUT2D eigenvalue weighted by molar-refractivity contribution is -0.369. The Bertz CT molecular complexity index is 360. The third-order valence-electron chi connectivity index (χ3n) is 2.59. The van der Waals surface area contributed by atoms with Crippen LogP contribution in [0.15, 0.2) is 0 Å². The second-order valence-electron chi connectivity index (χ2n) is 4.32. The third kappa shape index (κ3) is 5.09.